The summed E-state index contributed by atoms with van der Waals surface area (Å²) in [6, 6.07) is 0. The Morgan fingerprint density at radius 3 is 1.49 bits per heavy atom. The number of ether oxygens (including phenoxy) is 4. The summed E-state index contributed by atoms with van der Waals surface area (Å²) in [6.45, 7) is 6.69. The van der Waals surface area contributed by atoms with E-state index in [9.17, 15) is 24.0 Å². The highest BCUT2D eigenvalue weighted by atomic mass is 16.7. The first-order valence-corrected chi connectivity index (χ1v) is 21.4. The Balaban J connectivity index is 0.862. The fourth-order valence-electron chi connectivity index (χ4n) is 15.2. The van der Waals surface area contributed by atoms with Crippen molar-refractivity contribution in [2.45, 2.75) is 136 Å². The largest absolute Gasteiger partial charge is 0.464 e. The first kappa shape index (κ1) is 35.3. The van der Waals surface area contributed by atoms with E-state index in [1.165, 1.54) is 6.42 Å². The first-order valence-electron chi connectivity index (χ1n) is 21.4. The number of hydrogen-bond acceptors (Lipinski definition) is 9. The van der Waals surface area contributed by atoms with Crippen LogP contribution in [0.1, 0.15) is 130 Å². The molecule has 13 aliphatic rings. The fourth-order valence-corrected chi connectivity index (χ4v) is 15.2. The molecule has 9 nitrogen and oxygen atoms in total. The maximum atomic E-state index is 14.1. The third kappa shape index (κ3) is 5.45. The molecule has 0 aromatic rings. The molecule has 1 saturated heterocycles. The molecule has 0 amide bonds. The van der Waals surface area contributed by atoms with Crippen LogP contribution in [0.25, 0.3) is 0 Å². The molecular formula is C44H60O9. The lowest BCUT2D eigenvalue weighted by Gasteiger charge is -2.66. The quantitative estimate of drug-likeness (QED) is 0.235. The minimum atomic E-state index is -0.849. The van der Waals surface area contributed by atoms with E-state index in [4.69, 9.17) is 18.9 Å². The maximum Gasteiger partial charge on any atom is 0.312 e. The van der Waals surface area contributed by atoms with Crippen LogP contribution in [0.2, 0.25) is 0 Å². The van der Waals surface area contributed by atoms with Crippen molar-refractivity contribution < 1.29 is 42.9 Å². The number of esters is 2. The van der Waals surface area contributed by atoms with Gasteiger partial charge in [0.05, 0.1) is 29.5 Å². The summed E-state index contributed by atoms with van der Waals surface area (Å²) in [7, 11) is 0. The summed E-state index contributed by atoms with van der Waals surface area (Å²) in [5, 5.41) is 0. The summed E-state index contributed by atoms with van der Waals surface area (Å²) in [4.78, 5) is 67.0. The van der Waals surface area contributed by atoms with Crippen molar-refractivity contribution in [2.24, 2.45) is 80.3 Å². The molecule has 12 bridgehead atoms. The third-order valence-corrected chi connectivity index (χ3v) is 17.3. The normalized spacial score (nSPS) is 49.9. The Kier molecular flexibility index (Phi) is 7.80. The molecule has 6 unspecified atom stereocenters. The zero-order valence-corrected chi connectivity index (χ0v) is 32.2. The van der Waals surface area contributed by atoms with Gasteiger partial charge >= 0.3 is 11.9 Å². The highest BCUT2D eigenvalue weighted by Crippen LogP contribution is 2.67. The number of carbonyl (C=O) groups is 5. The molecule has 12 saturated carbocycles. The highest BCUT2D eigenvalue weighted by molar-refractivity contribution is 5.90. The zero-order chi connectivity index (χ0) is 36.8. The summed E-state index contributed by atoms with van der Waals surface area (Å²) in [5.41, 5.74) is -2.22. The molecule has 0 aromatic carbocycles. The second-order valence-corrected chi connectivity index (χ2v) is 22.0. The van der Waals surface area contributed by atoms with Gasteiger partial charge in [-0.2, -0.15) is 0 Å². The Morgan fingerprint density at radius 1 is 0.623 bits per heavy atom. The number of carbonyl (C=O) groups excluding carboxylic acids is 5. The SMILES string of the molecule is CC(C)(C)C(=O)CCC12CC3CC(C1)C1(OCC(COC(=O)C45CC6CC(C4)C(=O)C(C6)C5)(COC(=O)C45CC6CC(C4)C(=O)C(C6)C5)CO1)C(C3)C2. The molecule has 13 fully saturated rings. The first-order chi connectivity index (χ1) is 25.1. The lowest BCUT2D eigenvalue weighted by molar-refractivity contribution is -0.393. The van der Waals surface area contributed by atoms with Gasteiger partial charge in [-0.3, -0.25) is 24.0 Å². The second-order valence-electron chi connectivity index (χ2n) is 22.0. The van der Waals surface area contributed by atoms with Gasteiger partial charge in [0, 0.05) is 47.3 Å². The van der Waals surface area contributed by atoms with Crippen molar-refractivity contribution >= 4 is 29.3 Å². The molecule has 9 heteroatoms. The average Bonchev–Trinajstić information content (AvgIpc) is 3.11. The standard InChI is InChI=1S/C44H60O9/c1-39(2,3)34(45)4-5-40-12-27-10-32(19-40)44(33(11-27)20-40)52-23-41(24-53-44,21-50-37(48)42-13-25-6-28(15-42)35(46)29(7-25)16-42)22-51-38(49)43-14-26-8-30(17-43)36(47)31(9-26)18-43/h25-33H,4-24H2,1-3H3. The van der Waals surface area contributed by atoms with Gasteiger partial charge in [-0.1, -0.05) is 20.8 Å². The smallest absolute Gasteiger partial charge is 0.312 e. The Morgan fingerprint density at radius 2 is 1.06 bits per heavy atom. The lowest BCUT2D eigenvalue weighted by atomic mass is 9.46. The van der Waals surface area contributed by atoms with Crippen molar-refractivity contribution in [3.8, 4) is 0 Å². The van der Waals surface area contributed by atoms with Crippen LogP contribution in [0, 0.1) is 80.3 Å². The predicted molar refractivity (Wildman–Crippen MR) is 191 cm³/mol. The van der Waals surface area contributed by atoms with Gasteiger partial charge in [-0.05, 0) is 126 Å². The topological polar surface area (TPSA) is 122 Å². The van der Waals surface area contributed by atoms with Crippen molar-refractivity contribution in [1.82, 2.24) is 0 Å². The molecular weight excluding hydrogens is 672 g/mol. The molecule has 0 aromatic heterocycles. The highest BCUT2D eigenvalue weighted by Gasteiger charge is 2.67. The van der Waals surface area contributed by atoms with E-state index in [0.29, 0.717) is 67.2 Å². The van der Waals surface area contributed by atoms with Crippen molar-refractivity contribution in [2.75, 3.05) is 26.4 Å². The zero-order valence-electron chi connectivity index (χ0n) is 32.2. The van der Waals surface area contributed by atoms with Crippen molar-refractivity contribution in [3.63, 3.8) is 0 Å². The van der Waals surface area contributed by atoms with Crippen LogP contribution in [-0.2, 0) is 42.9 Å². The fraction of sp³-hybridized carbons (Fsp3) is 0.886. The third-order valence-electron chi connectivity index (χ3n) is 17.3. The van der Waals surface area contributed by atoms with E-state index in [1.54, 1.807) is 0 Å². The number of rotatable bonds is 9. The van der Waals surface area contributed by atoms with Crippen LogP contribution in [0.3, 0.4) is 0 Å². The molecule has 290 valence electrons. The molecule has 0 N–H and O–H groups in total. The van der Waals surface area contributed by atoms with Gasteiger partial charge in [0.1, 0.15) is 30.6 Å². The summed E-state index contributed by atoms with van der Waals surface area (Å²) >= 11 is 0. The number of hydrogen-bond donors (Lipinski definition) is 0. The molecule has 1 aliphatic heterocycles. The van der Waals surface area contributed by atoms with Crippen LogP contribution in [0.4, 0.5) is 0 Å². The summed E-state index contributed by atoms with van der Waals surface area (Å²) in [6.07, 6.45) is 14.5. The van der Waals surface area contributed by atoms with Crippen LogP contribution < -0.4 is 0 Å². The molecule has 13 rings (SSSR count). The number of ketones is 3. The van der Waals surface area contributed by atoms with Gasteiger partial charge < -0.3 is 18.9 Å². The van der Waals surface area contributed by atoms with E-state index in [2.05, 4.69) is 0 Å². The summed E-state index contributed by atoms with van der Waals surface area (Å²) in [5.74, 6) is 1.74. The average molecular weight is 733 g/mol. The van der Waals surface area contributed by atoms with Crippen LogP contribution in [-0.4, -0.2) is 61.5 Å². The predicted octanol–water partition coefficient (Wildman–Crippen LogP) is 6.81. The molecule has 6 atom stereocenters. The van der Waals surface area contributed by atoms with Crippen molar-refractivity contribution in [3.05, 3.63) is 0 Å². The Hall–Kier alpha value is -2.13. The number of Topliss-reactive ketones (excluding diaryl/α,β-unsaturated/α-hetero) is 3. The molecule has 0 radical (unpaired) electrons. The molecule has 1 spiro atoms. The monoisotopic (exact) mass is 732 g/mol. The van der Waals surface area contributed by atoms with E-state index in [-0.39, 0.29) is 84.7 Å². The Bertz CT molecular complexity index is 1490. The van der Waals surface area contributed by atoms with Crippen LogP contribution in [0.15, 0.2) is 0 Å². The van der Waals surface area contributed by atoms with E-state index >= 15 is 0 Å². The maximum absolute atomic E-state index is 14.1. The molecule has 12 aliphatic carbocycles. The summed E-state index contributed by atoms with van der Waals surface area (Å²) < 4.78 is 26.7. The minimum absolute atomic E-state index is 0.0242. The molecule has 1 heterocycles. The van der Waals surface area contributed by atoms with Gasteiger partial charge in [0.15, 0.2) is 5.79 Å². The molecule has 53 heavy (non-hydrogen) atoms. The van der Waals surface area contributed by atoms with Gasteiger partial charge in [0.25, 0.3) is 0 Å². The van der Waals surface area contributed by atoms with E-state index in [1.807, 2.05) is 20.8 Å². The van der Waals surface area contributed by atoms with Crippen LogP contribution in [0.5, 0.6) is 0 Å². The van der Waals surface area contributed by atoms with Gasteiger partial charge in [-0.15, -0.1) is 0 Å². The Labute approximate surface area is 314 Å². The van der Waals surface area contributed by atoms with E-state index < -0.39 is 22.0 Å². The lowest BCUT2D eigenvalue weighted by Crippen LogP contribution is -2.67. The van der Waals surface area contributed by atoms with Gasteiger partial charge in [-0.25, -0.2) is 0 Å². The minimum Gasteiger partial charge on any atom is -0.464 e. The van der Waals surface area contributed by atoms with E-state index in [0.717, 1.165) is 70.6 Å². The van der Waals surface area contributed by atoms with Crippen molar-refractivity contribution in [1.29, 1.82) is 0 Å². The van der Waals surface area contributed by atoms with Crippen LogP contribution >= 0.6 is 0 Å². The second kappa shape index (κ2) is 11.7. The van der Waals surface area contributed by atoms with Gasteiger partial charge in [0.2, 0.25) is 0 Å².